The van der Waals surface area contributed by atoms with Gasteiger partial charge < -0.3 is 15.2 Å². The summed E-state index contributed by atoms with van der Waals surface area (Å²) in [7, 11) is 1.57. The van der Waals surface area contributed by atoms with Crippen LogP contribution in [0.4, 0.5) is 0 Å². The van der Waals surface area contributed by atoms with Gasteiger partial charge in [-0.3, -0.25) is 14.5 Å². The van der Waals surface area contributed by atoms with Crippen molar-refractivity contribution in [2.45, 2.75) is 0 Å². The summed E-state index contributed by atoms with van der Waals surface area (Å²) in [6.45, 7) is 0.356. The van der Waals surface area contributed by atoms with E-state index in [1.165, 1.54) is 16.7 Å². The molecule has 2 amide bonds. The Morgan fingerprint density at radius 2 is 2.15 bits per heavy atom. The second-order valence-electron chi connectivity index (χ2n) is 5.07. The topological polar surface area (TPSA) is 95.9 Å². The molecule has 1 heterocycles. The minimum Gasteiger partial charge on any atom is -0.497 e. The molecule has 0 spiro atoms. The van der Waals surface area contributed by atoms with Crippen molar-refractivity contribution < 1.29 is 24.2 Å². The number of nitrogens with zero attached hydrogens (tertiary/aromatic N) is 1. The lowest BCUT2D eigenvalue weighted by atomic mass is 10.2. The Balaban J connectivity index is 1.96. The molecular formula is C17H16N2O5S2. The highest BCUT2D eigenvalue weighted by molar-refractivity contribution is 8.26. The van der Waals surface area contributed by atoms with Crippen molar-refractivity contribution in [1.29, 1.82) is 0 Å². The van der Waals surface area contributed by atoms with E-state index in [2.05, 4.69) is 5.32 Å². The van der Waals surface area contributed by atoms with Gasteiger partial charge >= 0.3 is 5.97 Å². The van der Waals surface area contributed by atoms with Crippen LogP contribution in [0.25, 0.3) is 6.08 Å². The van der Waals surface area contributed by atoms with Crippen molar-refractivity contribution >= 4 is 52.2 Å². The molecule has 1 aliphatic heterocycles. The fourth-order valence-electron chi connectivity index (χ4n) is 2.07. The zero-order chi connectivity index (χ0) is 19.1. The number of carboxylic acids is 1. The van der Waals surface area contributed by atoms with E-state index in [4.69, 9.17) is 22.1 Å². The molecule has 0 aromatic heterocycles. The van der Waals surface area contributed by atoms with Crippen LogP contribution in [-0.4, -0.2) is 52.3 Å². The number of carboxylic acid groups (broad SMARTS) is 1. The maximum Gasteiger partial charge on any atom is 0.328 e. The first-order valence-electron chi connectivity index (χ1n) is 7.49. The molecule has 2 N–H and O–H groups in total. The lowest BCUT2D eigenvalue weighted by Gasteiger charge is -2.14. The molecule has 1 aromatic carbocycles. The lowest BCUT2D eigenvalue weighted by molar-refractivity contribution is -0.131. The van der Waals surface area contributed by atoms with Crippen LogP contribution < -0.4 is 10.1 Å². The fourth-order valence-corrected chi connectivity index (χ4v) is 3.38. The molecule has 0 radical (unpaired) electrons. The SMILES string of the molecule is COc1cccc(/C=C2/SC(=S)N(CCNC(=O)/C=C/C(=O)O)C2=O)c1. The third-order valence-corrected chi connectivity index (χ3v) is 4.65. The summed E-state index contributed by atoms with van der Waals surface area (Å²) in [5.74, 6) is -1.31. The van der Waals surface area contributed by atoms with E-state index in [9.17, 15) is 14.4 Å². The number of amides is 2. The van der Waals surface area contributed by atoms with Gasteiger partial charge in [-0.05, 0) is 23.8 Å². The smallest absolute Gasteiger partial charge is 0.328 e. The molecule has 1 aromatic rings. The molecule has 0 atom stereocenters. The van der Waals surface area contributed by atoms with Gasteiger partial charge in [-0.25, -0.2) is 4.79 Å². The van der Waals surface area contributed by atoms with E-state index in [1.807, 2.05) is 24.3 Å². The molecule has 0 bridgehead atoms. The Morgan fingerprint density at radius 3 is 2.85 bits per heavy atom. The zero-order valence-corrected chi connectivity index (χ0v) is 15.4. The molecule has 1 fully saturated rings. The van der Waals surface area contributed by atoms with Crippen LogP contribution in [0.15, 0.2) is 41.3 Å². The highest BCUT2D eigenvalue weighted by atomic mass is 32.2. The number of thiocarbonyl (C=S) groups is 1. The van der Waals surface area contributed by atoms with Crippen LogP contribution in [0.5, 0.6) is 5.75 Å². The molecule has 136 valence electrons. The zero-order valence-electron chi connectivity index (χ0n) is 13.8. The van der Waals surface area contributed by atoms with Gasteiger partial charge in [0.05, 0.1) is 12.0 Å². The first-order chi connectivity index (χ1) is 12.4. The Labute approximate surface area is 159 Å². The predicted octanol–water partition coefficient (Wildman–Crippen LogP) is 1.65. The summed E-state index contributed by atoms with van der Waals surface area (Å²) in [4.78, 5) is 36.1. The number of nitrogens with one attached hydrogen (secondary N) is 1. The van der Waals surface area contributed by atoms with Crippen LogP contribution in [0.3, 0.4) is 0 Å². The quantitative estimate of drug-likeness (QED) is 0.538. The van der Waals surface area contributed by atoms with Crippen molar-refractivity contribution in [2.75, 3.05) is 20.2 Å². The molecule has 26 heavy (non-hydrogen) atoms. The molecule has 1 aliphatic rings. The standard InChI is InChI=1S/C17H16N2O5S2/c1-24-12-4-2-3-11(9-12)10-13-16(23)19(17(25)26-13)8-7-18-14(20)5-6-15(21)22/h2-6,9-10H,7-8H2,1H3,(H,18,20)(H,21,22)/b6-5+,13-10+. The number of hydrogen-bond donors (Lipinski definition) is 2. The second kappa shape index (κ2) is 9.16. The fraction of sp³-hybridized carbons (Fsp3) is 0.176. The summed E-state index contributed by atoms with van der Waals surface area (Å²) in [5, 5.41) is 11.0. The van der Waals surface area contributed by atoms with E-state index < -0.39 is 11.9 Å². The van der Waals surface area contributed by atoms with E-state index in [1.54, 1.807) is 13.2 Å². The first kappa shape index (κ1) is 19.7. The minimum atomic E-state index is -1.21. The third-order valence-electron chi connectivity index (χ3n) is 3.28. The molecule has 0 aliphatic carbocycles. The number of ether oxygens (including phenoxy) is 1. The van der Waals surface area contributed by atoms with Crippen LogP contribution in [0.1, 0.15) is 5.56 Å². The van der Waals surface area contributed by atoms with Crippen molar-refractivity contribution in [3.8, 4) is 5.75 Å². The Bertz CT molecular complexity index is 804. The molecule has 1 saturated heterocycles. The van der Waals surface area contributed by atoms with Gasteiger partial charge in [-0.15, -0.1) is 0 Å². The molecule has 2 rings (SSSR count). The number of methoxy groups -OCH3 is 1. The summed E-state index contributed by atoms with van der Waals surface area (Å²) in [6, 6.07) is 7.29. The van der Waals surface area contributed by atoms with Gasteiger partial charge in [-0.1, -0.05) is 36.1 Å². The summed E-state index contributed by atoms with van der Waals surface area (Å²) in [6.07, 6.45) is 3.39. The van der Waals surface area contributed by atoms with Crippen LogP contribution in [0.2, 0.25) is 0 Å². The monoisotopic (exact) mass is 392 g/mol. The van der Waals surface area contributed by atoms with Crippen molar-refractivity contribution in [3.63, 3.8) is 0 Å². The predicted molar refractivity (Wildman–Crippen MR) is 103 cm³/mol. The number of carbonyl (C=O) groups is 3. The number of carbonyl (C=O) groups excluding carboxylic acids is 2. The van der Waals surface area contributed by atoms with E-state index >= 15 is 0 Å². The number of hydrogen-bond acceptors (Lipinski definition) is 6. The third kappa shape index (κ3) is 5.43. The molecular weight excluding hydrogens is 376 g/mol. The number of thioether (sulfide) groups is 1. The van der Waals surface area contributed by atoms with Crippen molar-refractivity contribution in [2.24, 2.45) is 0 Å². The molecule has 7 nitrogen and oxygen atoms in total. The lowest BCUT2D eigenvalue weighted by Crippen LogP contribution is -2.36. The van der Waals surface area contributed by atoms with Crippen LogP contribution in [0, 0.1) is 0 Å². The summed E-state index contributed by atoms with van der Waals surface area (Å²) < 4.78 is 5.56. The normalized spacial score (nSPS) is 15.7. The van der Waals surface area contributed by atoms with Crippen LogP contribution in [-0.2, 0) is 14.4 Å². The molecule has 0 saturated carbocycles. The summed E-state index contributed by atoms with van der Waals surface area (Å²) >= 11 is 6.41. The Kier molecular flexibility index (Phi) is 6.93. The number of aliphatic carboxylic acids is 1. The van der Waals surface area contributed by atoms with Crippen molar-refractivity contribution in [1.82, 2.24) is 10.2 Å². The minimum absolute atomic E-state index is 0.154. The Morgan fingerprint density at radius 1 is 1.38 bits per heavy atom. The maximum atomic E-state index is 12.5. The average molecular weight is 392 g/mol. The second-order valence-corrected chi connectivity index (χ2v) is 6.75. The Hall–Kier alpha value is -2.65. The van der Waals surface area contributed by atoms with Crippen molar-refractivity contribution in [3.05, 3.63) is 46.9 Å². The largest absolute Gasteiger partial charge is 0.497 e. The molecule has 0 unspecified atom stereocenters. The van der Waals surface area contributed by atoms with Gasteiger partial charge in [-0.2, -0.15) is 0 Å². The van der Waals surface area contributed by atoms with E-state index in [0.29, 0.717) is 15.0 Å². The van der Waals surface area contributed by atoms with E-state index in [0.717, 1.165) is 17.7 Å². The van der Waals surface area contributed by atoms with Gasteiger partial charge in [0, 0.05) is 25.2 Å². The van der Waals surface area contributed by atoms with Gasteiger partial charge in [0.15, 0.2) is 0 Å². The first-order valence-corrected chi connectivity index (χ1v) is 8.71. The van der Waals surface area contributed by atoms with Crippen LogP contribution >= 0.6 is 24.0 Å². The highest BCUT2D eigenvalue weighted by Crippen LogP contribution is 2.32. The maximum absolute atomic E-state index is 12.5. The van der Waals surface area contributed by atoms with Gasteiger partial charge in [0.2, 0.25) is 5.91 Å². The number of rotatable bonds is 7. The average Bonchev–Trinajstić information content (AvgIpc) is 2.87. The van der Waals surface area contributed by atoms with Gasteiger partial charge in [0.25, 0.3) is 5.91 Å². The number of benzene rings is 1. The highest BCUT2D eigenvalue weighted by Gasteiger charge is 2.31. The van der Waals surface area contributed by atoms with E-state index in [-0.39, 0.29) is 19.0 Å². The van der Waals surface area contributed by atoms with Gasteiger partial charge in [0.1, 0.15) is 10.1 Å². The summed E-state index contributed by atoms with van der Waals surface area (Å²) in [5.41, 5.74) is 0.817. The molecule has 9 heteroatoms.